The Balaban J connectivity index is 1.70. The van der Waals surface area contributed by atoms with Crippen LogP contribution in [0.4, 0.5) is 5.69 Å². The number of rotatable bonds is 6. The van der Waals surface area contributed by atoms with E-state index in [-0.39, 0.29) is 17.6 Å². The van der Waals surface area contributed by atoms with Crippen LogP contribution in [0.15, 0.2) is 53.7 Å². The molecule has 0 aliphatic rings. The van der Waals surface area contributed by atoms with Crippen molar-refractivity contribution in [3.63, 3.8) is 0 Å². The fraction of sp³-hybridized carbons (Fsp3) is 0.200. The Morgan fingerprint density at radius 1 is 1.07 bits per heavy atom. The van der Waals surface area contributed by atoms with Gasteiger partial charge in [-0.15, -0.1) is 10.2 Å². The largest absolute Gasteiger partial charge is 0.355 e. The van der Waals surface area contributed by atoms with Crippen molar-refractivity contribution in [2.45, 2.75) is 19.0 Å². The van der Waals surface area contributed by atoms with E-state index in [1.54, 1.807) is 31.3 Å². The molecule has 0 atom stereocenters. The third-order valence-corrected chi connectivity index (χ3v) is 5.05. The molecular weight excluding hydrogens is 374 g/mol. The van der Waals surface area contributed by atoms with E-state index in [2.05, 4.69) is 20.8 Å². The second-order valence-electron chi connectivity index (χ2n) is 6.15. The number of carbonyl (C=O) groups excluding carboxylic acids is 2. The summed E-state index contributed by atoms with van der Waals surface area (Å²) in [5.74, 6) is 0.549. The highest BCUT2D eigenvalue weighted by Crippen LogP contribution is 2.24. The summed E-state index contributed by atoms with van der Waals surface area (Å²) in [6, 6.07) is 14.8. The van der Waals surface area contributed by atoms with Gasteiger partial charge in [0.15, 0.2) is 5.16 Å². The predicted molar refractivity (Wildman–Crippen MR) is 110 cm³/mol. The Kier molecular flexibility index (Phi) is 6.10. The Labute approximate surface area is 167 Å². The van der Waals surface area contributed by atoms with E-state index in [0.717, 1.165) is 17.1 Å². The van der Waals surface area contributed by atoms with E-state index in [0.29, 0.717) is 16.4 Å². The van der Waals surface area contributed by atoms with Gasteiger partial charge >= 0.3 is 0 Å². The maximum absolute atomic E-state index is 12.4. The first kappa shape index (κ1) is 19.6. The van der Waals surface area contributed by atoms with Crippen LogP contribution in [0.25, 0.3) is 5.69 Å². The average molecular weight is 395 g/mol. The van der Waals surface area contributed by atoms with Crippen LogP contribution in [0.2, 0.25) is 0 Å². The summed E-state index contributed by atoms with van der Waals surface area (Å²) in [5, 5.41) is 14.4. The van der Waals surface area contributed by atoms with Gasteiger partial charge in [-0.05, 0) is 43.7 Å². The third-order valence-electron chi connectivity index (χ3n) is 4.12. The molecule has 0 fully saturated rings. The number of nitrogens with one attached hydrogen (secondary N) is 2. The zero-order valence-corrected chi connectivity index (χ0v) is 16.7. The normalized spacial score (nSPS) is 10.5. The maximum atomic E-state index is 12.4. The summed E-state index contributed by atoms with van der Waals surface area (Å²) in [7, 11) is 1.57. The number of anilines is 1. The van der Waals surface area contributed by atoms with Crippen molar-refractivity contribution < 1.29 is 9.59 Å². The fourth-order valence-electron chi connectivity index (χ4n) is 2.74. The van der Waals surface area contributed by atoms with Gasteiger partial charge in [-0.2, -0.15) is 0 Å². The molecule has 3 rings (SSSR count). The standard InChI is InChI=1S/C20H21N5O2S/c1-13-7-4-5-10-17(13)25-14(2)23-24-20(25)28-12-18(26)22-16-9-6-8-15(11-16)19(27)21-3/h4-11H,12H2,1-3H3,(H,21,27)(H,22,26). The molecule has 8 heteroatoms. The number of amides is 2. The molecule has 0 spiro atoms. The summed E-state index contributed by atoms with van der Waals surface area (Å²) >= 11 is 1.31. The molecule has 2 N–H and O–H groups in total. The number of para-hydroxylation sites is 1. The quantitative estimate of drug-likeness (QED) is 0.627. The highest BCUT2D eigenvalue weighted by molar-refractivity contribution is 7.99. The van der Waals surface area contributed by atoms with Crippen molar-refractivity contribution in [1.82, 2.24) is 20.1 Å². The van der Waals surface area contributed by atoms with Crippen molar-refractivity contribution >= 4 is 29.3 Å². The first-order valence-corrected chi connectivity index (χ1v) is 9.71. The lowest BCUT2D eigenvalue weighted by Gasteiger charge is -2.11. The minimum Gasteiger partial charge on any atom is -0.355 e. The lowest BCUT2D eigenvalue weighted by Crippen LogP contribution is -2.19. The van der Waals surface area contributed by atoms with Crippen molar-refractivity contribution in [3.8, 4) is 5.69 Å². The summed E-state index contributed by atoms with van der Waals surface area (Å²) < 4.78 is 1.94. The Morgan fingerprint density at radius 3 is 2.61 bits per heavy atom. The molecule has 0 saturated heterocycles. The lowest BCUT2D eigenvalue weighted by atomic mass is 10.2. The summed E-state index contributed by atoms with van der Waals surface area (Å²) in [4.78, 5) is 24.1. The third kappa shape index (κ3) is 4.40. The van der Waals surface area contributed by atoms with Gasteiger partial charge in [-0.3, -0.25) is 14.2 Å². The summed E-state index contributed by atoms with van der Waals surface area (Å²) in [6.45, 7) is 3.91. The van der Waals surface area contributed by atoms with Crippen LogP contribution < -0.4 is 10.6 Å². The Bertz CT molecular complexity index is 1020. The second kappa shape index (κ2) is 8.71. The van der Waals surface area contributed by atoms with Gasteiger partial charge in [0.1, 0.15) is 5.82 Å². The van der Waals surface area contributed by atoms with Crippen molar-refractivity contribution in [1.29, 1.82) is 0 Å². The molecule has 28 heavy (non-hydrogen) atoms. The van der Waals surface area contributed by atoms with Crippen LogP contribution in [-0.2, 0) is 4.79 Å². The highest BCUT2D eigenvalue weighted by Gasteiger charge is 2.15. The fourth-order valence-corrected chi connectivity index (χ4v) is 3.53. The van der Waals surface area contributed by atoms with E-state index >= 15 is 0 Å². The van der Waals surface area contributed by atoms with Crippen molar-refractivity contribution in [2.24, 2.45) is 0 Å². The topological polar surface area (TPSA) is 88.9 Å². The molecule has 0 aliphatic heterocycles. The minimum atomic E-state index is -0.202. The number of thioether (sulfide) groups is 1. The number of nitrogens with zero attached hydrogens (tertiary/aromatic N) is 3. The van der Waals surface area contributed by atoms with Crippen LogP contribution in [0.5, 0.6) is 0 Å². The molecule has 0 bridgehead atoms. The number of carbonyl (C=O) groups is 2. The zero-order valence-electron chi connectivity index (χ0n) is 15.9. The highest BCUT2D eigenvalue weighted by atomic mass is 32.2. The summed E-state index contributed by atoms with van der Waals surface area (Å²) in [5.41, 5.74) is 3.15. The van der Waals surface area contributed by atoms with Gasteiger partial charge < -0.3 is 10.6 Å². The van der Waals surface area contributed by atoms with Crippen molar-refractivity contribution in [3.05, 3.63) is 65.5 Å². The molecule has 2 amide bonds. The average Bonchev–Trinajstić information content (AvgIpc) is 3.06. The van der Waals surface area contributed by atoms with E-state index in [4.69, 9.17) is 0 Å². The predicted octanol–water partition coefficient (Wildman–Crippen LogP) is 2.97. The van der Waals surface area contributed by atoms with Gasteiger partial charge in [-0.25, -0.2) is 0 Å². The Hall–Kier alpha value is -3.13. The van der Waals surface area contributed by atoms with Crippen LogP contribution in [-0.4, -0.2) is 39.4 Å². The number of aryl methyl sites for hydroxylation is 2. The molecule has 0 radical (unpaired) electrons. The van der Waals surface area contributed by atoms with Gasteiger partial charge in [0.2, 0.25) is 5.91 Å². The molecule has 0 saturated carbocycles. The second-order valence-corrected chi connectivity index (χ2v) is 7.09. The zero-order chi connectivity index (χ0) is 20.1. The van der Waals surface area contributed by atoms with Gasteiger partial charge in [0.05, 0.1) is 11.4 Å². The molecule has 0 aliphatic carbocycles. The number of hydrogen-bond donors (Lipinski definition) is 2. The van der Waals surface area contributed by atoms with Crippen LogP contribution in [0.3, 0.4) is 0 Å². The van der Waals surface area contributed by atoms with Crippen LogP contribution in [0.1, 0.15) is 21.7 Å². The van der Waals surface area contributed by atoms with Crippen LogP contribution in [0, 0.1) is 13.8 Å². The smallest absolute Gasteiger partial charge is 0.251 e. The number of aromatic nitrogens is 3. The van der Waals surface area contributed by atoms with Gasteiger partial charge in [-0.1, -0.05) is 36.0 Å². The lowest BCUT2D eigenvalue weighted by molar-refractivity contribution is -0.113. The van der Waals surface area contributed by atoms with Crippen molar-refractivity contribution in [2.75, 3.05) is 18.1 Å². The first-order valence-electron chi connectivity index (χ1n) is 8.72. The molecule has 3 aromatic rings. The molecular formula is C20H21N5O2S. The number of hydrogen-bond acceptors (Lipinski definition) is 5. The molecule has 1 heterocycles. The Morgan fingerprint density at radius 2 is 1.86 bits per heavy atom. The summed E-state index contributed by atoms with van der Waals surface area (Å²) in [6.07, 6.45) is 0. The molecule has 2 aromatic carbocycles. The SMILES string of the molecule is CNC(=O)c1cccc(NC(=O)CSc2nnc(C)n2-c2ccccc2C)c1. The minimum absolute atomic E-state index is 0.175. The monoisotopic (exact) mass is 395 g/mol. The van der Waals surface area contributed by atoms with Gasteiger partial charge in [0.25, 0.3) is 5.91 Å². The van der Waals surface area contributed by atoms with E-state index in [1.165, 1.54) is 11.8 Å². The molecule has 1 aromatic heterocycles. The first-order chi connectivity index (χ1) is 13.5. The van der Waals surface area contributed by atoms with E-state index in [9.17, 15) is 9.59 Å². The maximum Gasteiger partial charge on any atom is 0.251 e. The van der Waals surface area contributed by atoms with E-state index < -0.39 is 0 Å². The van der Waals surface area contributed by atoms with Gasteiger partial charge in [0, 0.05) is 18.3 Å². The van der Waals surface area contributed by atoms with E-state index in [1.807, 2.05) is 42.7 Å². The van der Waals surface area contributed by atoms with Crippen LogP contribution >= 0.6 is 11.8 Å². The molecule has 0 unspecified atom stereocenters. The molecule has 7 nitrogen and oxygen atoms in total. The number of benzene rings is 2. The molecule has 144 valence electrons.